The van der Waals surface area contributed by atoms with Gasteiger partial charge < -0.3 is 15.2 Å². The van der Waals surface area contributed by atoms with Crippen molar-refractivity contribution in [3.05, 3.63) is 0 Å². The molecule has 0 fully saturated rings. The predicted molar refractivity (Wildman–Crippen MR) is 46.5 cm³/mol. The lowest BCUT2D eigenvalue weighted by molar-refractivity contribution is -0.154. The van der Waals surface area contributed by atoms with E-state index in [2.05, 4.69) is 10.1 Å². The third-order valence-electron chi connectivity index (χ3n) is 1.45. The van der Waals surface area contributed by atoms with E-state index in [9.17, 15) is 14.4 Å². The molecular formula is C8H13NO5. The summed E-state index contributed by atoms with van der Waals surface area (Å²) in [5, 5.41) is 10.9. The molecule has 6 nitrogen and oxygen atoms in total. The van der Waals surface area contributed by atoms with Gasteiger partial charge in [0, 0.05) is 13.8 Å². The Bertz CT molecular complexity index is 250. The molecule has 0 saturated carbocycles. The average Bonchev–Trinajstić information content (AvgIpc) is 1.97. The van der Waals surface area contributed by atoms with Crippen molar-refractivity contribution in [3.8, 4) is 0 Å². The molecule has 0 unspecified atom stereocenters. The molecule has 0 aromatic rings. The number of carbonyl (C=O) groups excluding carboxylic acids is 2. The van der Waals surface area contributed by atoms with Crippen molar-refractivity contribution in [1.29, 1.82) is 0 Å². The van der Waals surface area contributed by atoms with Crippen molar-refractivity contribution < 1.29 is 24.2 Å². The van der Waals surface area contributed by atoms with E-state index < -0.39 is 30.0 Å². The Labute approximate surface area is 81.2 Å². The van der Waals surface area contributed by atoms with Gasteiger partial charge >= 0.3 is 11.9 Å². The van der Waals surface area contributed by atoms with Gasteiger partial charge in [-0.2, -0.15) is 0 Å². The Morgan fingerprint density at radius 2 is 1.79 bits per heavy atom. The molecule has 0 bridgehead atoms. The van der Waals surface area contributed by atoms with Gasteiger partial charge in [-0.05, 0) is 6.92 Å². The highest BCUT2D eigenvalue weighted by atomic mass is 16.5. The summed E-state index contributed by atoms with van der Waals surface area (Å²) < 4.78 is 4.64. The number of nitrogens with one attached hydrogen (secondary N) is 1. The largest absolute Gasteiger partial charge is 0.480 e. The normalized spacial score (nSPS) is 13.9. The molecule has 6 heteroatoms. The Kier molecular flexibility index (Phi) is 4.62. The molecule has 0 aliphatic rings. The van der Waals surface area contributed by atoms with Crippen molar-refractivity contribution in [2.24, 2.45) is 0 Å². The number of aliphatic carboxylic acids is 1. The molecule has 0 heterocycles. The maximum absolute atomic E-state index is 10.7. The first kappa shape index (κ1) is 12.4. The smallest absolute Gasteiger partial charge is 0.330 e. The van der Waals surface area contributed by atoms with Gasteiger partial charge in [-0.15, -0.1) is 0 Å². The second kappa shape index (κ2) is 5.21. The highest BCUT2D eigenvalue weighted by Crippen LogP contribution is 2.00. The topological polar surface area (TPSA) is 92.7 Å². The summed E-state index contributed by atoms with van der Waals surface area (Å²) in [5.41, 5.74) is 0. The minimum Gasteiger partial charge on any atom is -0.480 e. The number of amides is 1. The van der Waals surface area contributed by atoms with Crippen LogP contribution in [0.15, 0.2) is 0 Å². The zero-order valence-electron chi connectivity index (χ0n) is 8.23. The Morgan fingerprint density at radius 1 is 1.29 bits per heavy atom. The molecule has 0 aromatic heterocycles. The van der Waals surface area contributed by atoms with Crippen LogP contribution in [0.1, 0.15) is 20.8 Å². The SMILES string of the molecule is CC(=O)N[C@H](C(=O)O)[C@H](C)OC(C)=O. The van der Waals surface area contributed by atoms with Crippen LogP contribution in [0, 0.1) is 0 Å². The van der Waals surface area contributed by atoms with Crippen LogP contribution >= 0.6 is 0 Å². The van der Waals surface area contributed by atoms with E-state index in [4.69, 9.17) is 5.11 Å². The lowest BCUT2D eigenvalue weighted by Gasteiger charge is -2.20. The van der Waals surface area contributed by atoms with Crippen LogP contribution in [0.2, 0.25) is 0 Å². The molecule has 2 N–H and O–H groups in total. The number of hydrogen-bond donors (Lipinski definition) is 2. The lowest BCUT2D eigenvalue weighted by Crippen LogP contribution is -2.48. The van der Waals surface area contributed by atoms with Crippen LogP contribution in [0.25, 0.3) is 0 Å². The number of ether oxygens (including phenoxy) is 1. The molecule has 0 aliphatic carbocycles. The zero-order valence-corrected chi connectivity index (χ0v) is 8.23. The Hall–Kier alpha value is -1.59. The molecule has 2 atom stereocenters. The summed E-state index contributed by atoms with van der Waals surface area (Å²) in [6, 6.07) is -1.21. The summed E-state index contributed by atoms with van der Waals surface area (Å²) in [6.45, 7) is 3.76. The van der Waals surface area contributed by atoms with E-state index in [1.165, 1.54) is 20.8 Å². The second-order valence-electron chi connectivity index (χ2n) is 2.83. The molecule has 0 radical (unpaired) electrons. The van der Waals surface area contributed by atoms with Gasteiger partial charge in [0.2, 0.25) is 5.91 Å². The molecule has 80 valence electrons. The van der Waals surface area contributed by atoms with Crippen LogP contribution in [-0.4, -0.2) is 35.1 Å². The summed E-state index contributed by atoms with van der Waals surface area (Å²) >= 11 is 0. The maximum atomic E-state index is 10.7. The van der Waals surface area contributed by atoms with Gasteiger partial charge in [0.25, 0.3) is 0 Å². The zero-order chi connectivity index (χ0) is 11.3. The van der Waals surface area contributed by atoms with Gasteiger partial charge in [-0.1, -0.05) is 0 Å². The molecule has 14 heavy (non-hydrogen) atoms. The fraction of sp³-hybridized carbons (Fsp3) is 0.625. The Balaban J connectivity index is 4.40. The number of rotatable bonds is 4. The first-order valence-electron chi connectivity index (χ1n) is 4.01. The molecule has 0 saturated heterocycles. The first-order valence-corrected chi connectivity index (χ1v) is 4.01. The van der Waals surface area contributed by atoms with E-state index in [1.807, 2.05) is 0 Å². The minimum atomic E-state index is -1.24. The molecular weight excluding hydrogens is 190 g/mol. The molecule has 0 rings (SSSR count). The fourth-order valence-corrected chi connectivity index (χ4v) is 0.929. The van der Waals surface area contributed by atoms with E-state index in [0.29, 0.717) is 0 Å². The van der Waals surface area contributed by atoms with E-state index >= 15 is 0 Å². The van der Waals surface area contributed by atoms with E-state index in [-0.39, 0.29) is 0 Å². The molecule has 0 aliphatic heterocycles. The van der Waals surface area contributed by atoms with Crippen molar-refractivity contribution in [3.63, 3.8) is 0 Å². The highest BCUT2D eigenvalue weighted by molar-refractivity contribution is 5.82. The van der Waals surface area contributed by atoms with Crippen LogP contribution in [0.3, 0.4) is 0 Å². The van der Waals surface area contributed by atoms with E-state index in [1.54, 1.807) is 0 Å². The quantitative estimate of drug-likeness (QED) is 0.602. The van der Waals surface area contributed by atoms with Crippen LogP contribution < -0.4 is 5.32 Å². The van der Waals surface area contributed by atoms with Crippen molar-refractivity contribution >= 4 is 17.8 Å². The third-order valence-corrected chi connectivity index (χ3v) is 1.45. The number of carboxylic acids is 1. The third kappa shape index (κ3) is 4.44. The summed E-state index contributed by atoms with van der Waals surface area (Å²) in [5.74, 6) is -2.32. The monoisotopic (exact) mass is 203 g/mol. The minimum absolute atomic E-state index is 0.489. The number of carbonyl (C=O) groups is 3. The second-order valence-corrected chi connectivity index (χ2v) is 2.83. The summed E-state index contributed by atoms with van der Waals surface area (Å²) in [4.78, 5) is 31.8. The number of carboxylic acid groups (broad SMARTS) is 1. The van der Waals surface area contributed by atoms with E-state index in [0.717, 1.165) is 0 Å². The van der Waals surface area contributed by atoms with Gasteiger partial charge in [0.15, 0.2) is 6.04 Å². The number of esters is 1. The van der Waals surface area contributed by atoms with Crippen molar-refractivity contribution in [2.75, 3.05) is 0 Å². The molecule has 0 aromatic carbocycles. The summed E-state index contributed by atoms with van der Waals surface area (Å²) in [7, 11) is 0. The standard InChI is InChI=1S/C8H13NO5/c1-4(14-6(3)11)7(8(12)13)9-5(2)10/h4,7H,1-3H3,(H,9,10)(H,12,13)/t4-,7-/m0/s1. The van der Waals surface area contributed by atoms with Crippen molar-refractivity contribution in [2.45, 2.75) is 32.9 Å². The average molecular weight is 203 g/mol. The first-order chi connectivity index (χ1) is 6.34. The van der Waals surface area contributed by atoms with Crippen LogP contribution in [0.4, 0.5) is 0 Å². The van der Waals surface area contributed by atoms with Crippen molar-refractivity contribution in [1.82, 2.24) is 5.32 Å². The maximum Gasteiger partial charge on any atom is 0.330 e. The lowest BCUT2D eigenvalue weighted by atomic mass is 10.2. The predicted octanol–water partition coefficient (Wildman–Crippen LogP) is -0.473. The Morgan fingerprint density at radius 3 is 2.07 bits per heavy atom. The fourth-order valence-electron chi connectivity index (χ4n) is 0.929. The summed E-state index contributed by atoms with van der Waals surface area (Å²) in [6.07, 6.45) is -0.895. The van der Waals surface area contributed by atoms with Gasteiger partial charge in [0.1, 0.15) is 6.10 Å². The van der Waals surface area contributed by atoms with Gasteiger partial charge in [-0.25, -0.2) is 4.79 Å². The van der Waals surface area contributed by atoms with Crippen LogP contribution in [0.5, 0.6) is 0 Å². The van der Waals surface area contributed by atoms with Gasteiger partial charge in [-0.3, -0.25) is 9.59 Å². The van der Waals surface area contributed by atoms with Crippen LogP contribution in [-0.2, 0) is 19.1 Å². The number of hydrogen-bond acceptors (Lipinski definition) is 4. The molecule has 1 amide bonds. The van der Waals surface area contributed by atoms with Gasteiger partial charge in [0.05, 0.1) is 0 Å². The highest BCUT2D eigenvalue weighted by Gasteiger charge is 2.27. The molecule has 0 spiro atoms.